The summed E-state index contributed by atoms with van der Waals surface area (Å²) in [7, 11) is 0. The van der Waals surface area contributed by atoms with Crippen molar-refractivity contribution in [3.63, 3.8) is 0 Å². The summed E-state index contributed by atoms with van der Waals surface area (Å²) in [6, 6.07) is 13.1. The van der Waals surface area contributed by atoms with E-state index in [9.17, 15) is 13.2 Å². The number of benzene rings is 2. The predicted molar refractivity (Wildman–Crippen MR) is 104 cm³/mol. The van der Waals surface area contributed by atoms with E-state index in [4.69, 9.17) is 16.3 Å². The Balaban J connectivity index is 1.25. The van der Waals surface area contributed by atoms with Gasteiger partial charge in [-0.2, -0.15) is 13.2 Å². The van der Waals surface area contributed by atoms with Gasteiger partial charge in [0, 0.05) is 36.0 Å². The molecule has 1 heterocycles. The van der Waals surface area contributed by atoms with E-state index in [0.717, 1.165) is 36.8 Å². The second kappa shape index (κ2) is 7.60. The van der Waals surface area contributed by atoms with E-state index in [-0.39, 0.29) is 5.41 Å². The van der Waals surface area contributed by atoms with E-state index in [0.29, 0.717) is 18.3 Å². The highest BCUT2D eigenvalue weighted by molar-refractivity contribution is 6.30. The third-order valence-corrected chi connectivity index (χ3v) is 6.25. The highest BCUT2D eigenvalue weighted by Crippen LogP contribution is 2.45. The standard InChI is InChI=1S/C22H23ClF3NO/c23-19-6-2-17(3-7-19)21(10-1-11-21)15-27-12-16(13-27)14-28-20-8-4-18(5-9-20)22(24,25)26/h2-9,16H,1,10-15H2. The Morgan fingerprint density at radius 2 is 1.64 bits per heavy atom. The van der Waals surface area contributed by atoms with Gasteiger partial charge in [-0.15, -0.1) is 0 Å². The van der Waals surface area contributed by atoms with E-state index in [1.807, 2.05) is 12.1 Å². The minimum absolute atomic E-state index is 0.240. The molecule has 2 aromatic rings. The molecule has 1 saturated heterocycles. The Morgan fingerprint density at radius 3 is 2.18 bits per heavy atom. The molecule has 0 bridgehead atoms. The molecule has 0 radical (unpaired) electrons. The van der Waals surface area contributed by atoms with Gasteiger partial charge in [0.2, 0.25) is 0 Å². The lowest BCUT2D eigenvalue weighted by atomic mass is 9.63. The van der Waals surface area contributed by atoms with Gasteiger partial charge < -0.3 is 9.64 Å². The minimum Gasteiger partial charge on any atom is -0.493 e. The van der Waals surface area contributed by atoms with E-state index in [1.165, 1.54) is 37.0 Å². The van der Waals surface area contributed by atoms with Crippen LogP contribution in [0, 0.1) is 5.92 Å². The first-order valence-electron chi connectivity index (χ1n) is 9.63. The molecule has 1 aliphatic heterocycles. The van der Waals surface area contributed by atoms with Gasteiger partial charge >= 0.3 is 6.18 Å². The maximum absolute atomic E-state index is 12.6. The van der Waals surface area contributed by atoms with Crippen LogP contribution in [0.4, 0.5) is 13.2 Å². The van der Waals surface area contributed by atoms with Crippen LogP contribution in [-0.4, -0.2) is 31.1 Å². The van der Waals surface area contributed by atoms with Gasteiger partial charge in [0.05, 0.1) is 12.2 Å². The van der Waals surface area contributed by atoms with Crippen molar-refractivity contribution in [3.05, 3.63) is 64.7 Å². The van der Waals surface area contributed by atoms with Gasteiger partial charge in [0.15, 0.2) is 0 Å². The number of likely N-dealkylation sites (tertiary alicyclic amines) is 1. The third kappa shape index (κ3) is 4.15. The fraction of sp³-hybridized carbons (Fsp3) is 0.455. The van der Waals surface area contributed by atoms with Crippen LogP contribution in [0.3, 0.4) is 0 Å². The predicted octanol–water partition coefficient (Wildman–Crippen LogP) is 5.79. The van der Waals surface area contributed by atoms with Crippen molar-refractivity contribution in [2.24, 2.45) is 5.92 Å². The molecule has 4 rings (SSSR count). The first-order valence-corrected chi connectivity index (χ1v) is 10.0. The molecular formula is C22H23ClF3NO. The first kappa shape index (κ1) is 19.6. The summed E-state index contributed by atoms with van der Waals surface area (Å²) in [6.07, 6.45) is -0.638. The SMILES string of the molecule is FC(F)(F)c1ccc(OCC2CN(CC3(c4ccc(Cl)cc4)CCC3)C2)cc1. The van der Waals surface area contributed by atoms with E-state index in [2.05, 4.69) is 17.0 Å². The van der Waals surface area contributed by atoms with Crippen molar-refractivity contribution in [3.8, 4) is 5.75 Å². The van der Waals surface area contributed by atoms with Crippen LogP contribution < -0.4 is 4.74 Å². The summed E-state index contributed by atoms with van der Waals surface area (Å²) in [6.45, 7) is 3.52. The molecule has 0 amide bonds. The van der Waals surface area contributed by atoms with Gasteiger partial charge in [-0.1, -0.05) is 30.2 Å². The molecule has 6 heteroatoms. The topological polar surface area (TPSA) is 12.5 Å². The van der Waals surface area contributed by atoms with Crippen LogP contribution in [0.1, 0.15) is 30.4 Å². The molecule has 1 saturated carbocycles. The van der Waals surface area contributed by atoms with Crippen molar-refractivity contribution >= 4 is 11.6 Å². The van der Waals surface area contributed by atoms with Crippen LogP contribution in [0.25, 0.3) is 0 Å². The Hall–Kier alpha value is -1.72. The number of alkyl halides is 3. The zero-order valence-electron chi connectivity index (χ0n) is 15.5. The normalized spacial score (nSPS) is 19.7. The summed E-state index contributed by atoms with van der Waals surface area (Å²) in [5, 5.41) is 0.766. The zero-order chi connectivity index (χ0) is 19.8. The van der Waals surface area contributed by atoms with E-state index in [1.54, 1.807) is 0 Å². The van der Waals surface area contributed by atoms with E-state index < -0.39 is 11.7 Å². The Kier molecular flexibility index (Phi) is 5.32. The highest BCUT2D eigenvalue weighted by Gasteiger charge is 2.42. The van der Waals surface area contributed by atoms with Gasteiger partial charge in [0.25, 0.3) is 0 Å². The van der Waals surface area contributed by atoms with Crippen molar-refractivity contribution in [1.29, 1.82) is 0 Å². The van der Waals surface area contributed by atoms with Crippen molar-refractivity contribution in [2.75, 3.05) is 26.2 Å². The largest absolute Gasteiger partial charge is 0.493 e. The molecule has 2 fully saturated rings. The maximum Gasteiger partial charge on any atom is 0.416 e. The summed E-state index contributed by atoms with van der Waals surface area (Å²) in [5.41, 5.74) is 0.958. The zero-order valence-corrected chi connectivity index (χ0v) is 16.3. The average molecular weight is 410 g/mol. The molecule has 0 unspecified atom stereocenters. The molecule has 28 heavy (non-hydrogen) atoms. The quantitative estimate of drug-likeness (QED) is 0.598. The number of hydrogen-bond donors (Lipinski definition) is 0. The van der Waals surface area contributed by atoms with Crippen LogP contribution in [0.2, 0.25) is 5.02 Å². The molecule has 0 N–H and O–H groups in total. The first-order chi connectivity index (χ1) is 13.3. The van der Waals surface area contributed by atoms with Crippen LogP contribution in [0.5, 0.6) is 5.75 Å². The summed E-state index contributed by atoms with van der Waals surface area (Å²) in [4.78, 5) is 2.45. The van der Waals surface area contributed by atoms with Crippen molar-refractivity contribution in [1.82, 2.24) is 4.90 Å². The monoisotopic (exact) mass is 409 g/mol. The molecule has 2 aliphatic rings. The van der Waals surface area contributed by atoms with Gasteiger partial charge in [-0.05, 0) is 54.8 Å². The maximum atomic E-state index is 12.6. The van der Waals surface area contributed by atoms with Gasteiger partial charge in [0.1, 0.15) is 5.75 Å². The fourth-order valence-electron chi connectivity index (χ4n) is 4.24. The second-order valence-corrected chi connectivity index (χ2v) is 8.47. The number of halogens is 4. The highest BCUT2D eigenvalue weighted by atomic mass is 35.5. The fourth-order valence-corrected chi connectivity index (χ4v) is 4.36. The van der Waals surface area contributed by atoms with Crippen molar-refractivity contribution in [2.45, 2.75) is 30.9 Å². The lowest BCUT2D eigenvalue weighted by Crippen LogP contribution is -2.55. The Morgan fingerprint density at radius 1 is 1.00 bits per heavy atom. The average Bonchev–Trinajstić information content (AvgIpc) is 2.59. The number of ether oxygens (including phenoxy) is 1. The third-order valence-electron chi connectivity index (χ3n) is 5.99. The summed E-state index contributed by atoms with van der Waals surface area (Å²) < 4.78 is 43.5. The lowest BCUT2D eigenvalue weighted by Gasteiger charge is -2.50. The molecule has 0 spiro atoms. The molecule has 150 valence electrons. The second-order valence-electron chi connectivity index (χ2n) is 8.03. The number of rotatable bonds is 6. The Labute approximate surface area is 168 Å². The van der Waals surface area contributed by atoms with Crippen LogP contribution in [0.15, 0.2) is 48.5 Å². The molecule has 2 nitrogen and oxygen atoms in total. The van der Waals surface area contributed by atoms with Gasteiger partial charge in [-0.25, -0.2) is 0 Å². The molecule has 0 atom stereocenters. The lowest BCUT2D eigenvalue weighted by molar-refractivity contribution is -0.137. The summed E-state index contributed by atoms with van der Waals surface area (Å²) in [5.74, 6) is 0.910. The Bertz CT molecular complexity index is 794. The van der Waals surface area contributed by atoms with E-state index >= 15 is 0 Å². The molecular weight excluding hydrogens is 387 g/mol. The van der Waals surface area contributed by atoms with Gasteiger partial charge in [-0.3, -0.25) is 0 Å². The molecule has 2 aromatic carbocycles. The van der Waals surface area contributed by atoms with Crippen LogP contribution >= 0.6 is 11.6 Å². The van der Waals surface area contributed by atoms with Crippen molar-refractivity contribution < 1.29 is 17.9 Å². The number of nitrogens with zero attached hydrogens (tertiary/aromatic N) is 1. The summed E-state index contributed by atoms with van der Waals surface area (Å²) >= 11 is 6.02. The number of hydrogen-bond acceptors (Lipinski definition) is 2. The molecule has 1 aliphatic carbocycles. The minimum atomic E-state index is -4.31. The molecule has 0 aromatic heterocycles. The smallest absolute Gasteiger partial charge is 0.416 e. The van der Waals surface area contributed by atoms with Crippen LogP contribution in [-0.2, 0) is 11.6 Å².